The first-order valence-corrected chi connectivity index (χ1v) is 5.37. The second-order valence-electron chi connectivity index (χ2n) is 5.11. The molecule has 0 aliphatic heterocycles. The van der Waals surface area contributed by atoms with Gasteiger partial charge in [0.05, 0.1) is 6.04 Å². The summed E-state index contributed by atoms with van der Waals surface area (Å²) in [7, 11) is 0. The summed E-state index contributed by atoms with van der Waals surface area (Å²) in [6, 6.07) is 0.324. The second kappa shape index (κ2) is 5.23. The molecule has 0 aromatic rings. The van der Waals surface area contributed by atoms with Gasteiger partial charge in [-0.1, -0.05) is 20.8 Å². The lowest BCUT2D eigenvalue weighted by Crippen LogP contribution is -2.45. The molecule has 0 radical (unpaired) electrons. The average molecular weight is 199 g/mol. The van der Waals surface area contributed by atoms with Gasteiger partial charge in [0.2, 0.25) is 0 Å². The number of nitrogens with two attached hydrogens (primary N) is 1. The normalized spacial score (nSPS) is 15.8. The van der Waals surface area contributed by atoms with Crippen LogP contribution in [0.1, 0.15) is 48.0 Å². The Morgan fingerprint density at radius 2 is 1.86 bits per heavy atom. The molecule has 1 atom stereocenters. The molecular weight excluding hydrogens is 174 g/mol. The lowest BCUT2D eigenvalue weighted by Gasteiger charge is -2.23. The minimum atomic E-state index is -0.0111. The van der Waals surface area contributed by atoms with Crippen molar-refractivity contribution in [3.05, 3.63) is 0 Å². The molecule has 84 valence electrons. The Kier molecular flexibility index (Phi) is 4.95. The summed E-state index contributed by atoms with van der Waals surface area (Å²) in [6.07, 6.45) is 1.03. The van der Waals surface area contributed by atoms with Gasteiger partial charge in [0.1, 0.15) is 0 Å². The Hall–Kier alpha value is -0.730. The third-order valence-electron chi connectivity index (χ3n) is 2.00. The van der Waals surface area contributed by atoms with Gasteiger partial charge in [0.15, 0.2) is 5.96 Å². The highest BCUT2D eigenvalue weighted by Gasteiger charge is 2.13. The van der Waals surface area contributed by atoms with Crippen molar-refractivity contribution >= 4 is 5.96 Å². The zero-order valence-corrected chi connectivity index (χ0v) is 10.4. The summed E-state index contributed by atoms with van der Waals surface area (Å²) in [5, 5.41) is 3.17. The summed E-state index contributed by atoms with van der Waals surface area (Å²) >= 11 is 0. The van der Waals surface area contributed by atoms with E-state index in [0.29, 0.717) is 17.9 Å². The van der Waals surface area contributed by atoms with Crippen molar-refractivity contribution in [2.45, 2.75) is 59.5 Å². The first-order chi connectivity index (χ1) is 6.26. The number of hydrogen-bond acceptors (Lipinski definition) is 1. The SMILES string of the molecule is CCC(N=C(N)NC(C)(C)C)C(C)C. The highest BCUT2D eigenvalue weighted by molar-refractivity contribution is 5.78. The Balaban J connectivity index is 4.34. The van der Waals surface area contributed by atoms with E-state index in [4.69, 9.17) is 5.73 Å². The predicted octanol–water partition coefficient (Wildman–Crippen LogP) is 2.12. The fourth-order valence-electron chi connectivity index (χ4n) is 1.31. The number of nitrogens with one attached hydrogen (secondary N) is 1. The minimum absolute atomic E-state index is 0.0111. The van der Waals surface area contributed by atoms with Crippen molar-refractivity contribution in [3.63, 3.8) is 0 Å². The van der Waals surface area contributed by atoms with E-state index in [1.165, 1.54) is 0 Å². The number of rotatable bonds is 3. The minimum Gasteiger partial charge on any atom is -0.370 e. The molecule has 0 aromatic carbocycles. The van der Waals surface area contributed by atoms with Crippen LogP contribution in [0.4, 0.5) is 0 Å². The smallest absolute Gasteiger partial charge is 0.189 e. The summed E-state index contributed by atoms with van der Waals surface area (Å²) in [5.41, 5.74) is 5.80. The molecule has 1 unspecified atom stereocenters. The number of hydrogen-bond donors (Lipinski definition) is 2. The topological polar surface area (TPSA) is 50.4 Å². The van der Waals surface area contributed by atoms with Crippen LogP contribution in [-0.4, -0.2) is 17.5 Å². The summed E-state index contributed by atoms with van der Waals surface area (Å²) < 4.78 is 0. The van der Waals surface area contributed by atoms with Gasteiger partial charge in [0.25, 0.3) is 0 Å². The van der Waals surface area contributed by atoms with Crippen LogP contribution >= 0.6 is 0 Å². The summed E-state index contributed by atoms with van der Waals surface area (Å²) in [6.45, 7) is 12.7. The highest BCUT2D eigenvalue weighted by Crippen LogP contribution is 2.10. The van der Waals surface area contributed by atoms with Gasteiger partial charge in [-0.3, -0.25) is 0 Å². The second-order valence-corrected chi connectivity index (χ2v) is 5.11. The number of nitrogens with zero attached hydrogens (tertiary/aromatic N) is 1. The Labute approximate surface area is 88.2 Å². The maximum atomic E-state index is 5.81. The Bertz CT molecular complexity index is 189. The maximum Gasteiger partial charge on any atom is 0.189 e. The van der Waals surface area contributed by atoms with E-state index < -0.39 is 0 Å². The molecule has 3 nitrogen and oxygen atoms in total. The third-order valence-corrected chi connectivity index (χ3v) is 2.00. The molecule has 0 heterocycles. The summed E-state index contributed by atoms with van der Waals surface area (Å²) in [5.74, 6) is 1.10. The predicted molar refractivity (Wildman–Crippen MR) is 63.4 cm³/mol. The Morgan fingerprint density at radius 3 is 2.14 bits per heavy atom. The highest BCUT2D eigenvalue weighted by atomic mass is 15.1. The standard InChI is InChI=1S/C11H25N3/c1-7-9(8(2)3)13-10(12)14-11(4,5)6/h8-9H,7H2,1-6H3,(H3,12,13,14). The lowest BCUT2D eigenvalue weighted by molar-refractivity contribution is 0.468. The number of guanidine groups is 1. The molecule has 0 bridgehead atoms. The molecule has 0 spiro atoms. The van der Waals surface area contributed by atoms with Gasteiger partial charge in [-0.05, 0) is 33.1 Å². The molecule has 0 saturated carbocycles. The molecule has 3 N–H and O–H groups in total. The molecule has 0 aromatic heterocycles. The fraction of sp³-hybridized carbons (Fsp3) is 0.909. The molecular formula is C11H25N3. The molecule has 0 aliphatic carbocycles. The lowest BCUT2D eigenvalue weighted by atomic mass is 10.0. The van der Waals surface area contributed by atoms with Gasteiger partial charge in [0, 0.05) is 5.54 Å². The van der Waals surface area contributed by atoms with Crippen LogP contribution < -0.4 is 11.1 Å². The number of aliphatic imine (C=N–C) groups is 1. The largest absolute Gasteiger partial charge is 0.370 e. The summed E-state index contributed by atoms with van der Waals surface area (Å²) in [4.78, 5) is 4.46. The molecule has 14 heavy (non-hydrogen) atoms. The van der Waals surface area contributed by atoms with Crippen LogP contribution in [0.15, 0.2) is 4.99 Å². The van der Waals surface area contributed by atoms with E-state index in [-0.39, 0.29) is 5.54 Å². The Morgan fingerprint density at radius 1 is 1.36 bits per heavy atom. The molecule has 0 fully saturated rings. The quantitative estimate of drug-likeness (QED) is 0.540. The van der Waals surface area contributed by atoms with Crippen LogP contribution in [0.5, 0.6) is 0 Å². The van der Waals surface area contributed by atoms with Crippen molar-refractivity contribution in [2.24, 2.45) is 16.6 Å². The van der Waals surface area contributed by atoms with Gasteiger partial charge in [-0.25, -0.2) is 4.99 Å². The van der Waals surface area contributed by atoms with Gasteiger partial charge in [-0.2, -0.15) is 0 Å². The molecule has 0 amide bonds. The van der Waals surface area contributed by atoms with Crippen molar-refractivity contribution in [2.75, 3.05) is 0 Å². The van der Waals surface area contributed by atoms with Crippen molar-refractivity contribution in [1.29, 1.82) is 0 Å². The third kappa shape index (κ3) is 5.84. The van der Waals surface area contributed by atoms with Crippen molar-refractivity contribution in [1.82, 2.24) is 5.32 Å². The van der Waals surface area contributed by atoms with Crippen LogP contribution in [0.3, 0.4) is 0 Å². The van der Waals surface area contributed by atoms with Crippen molar-refractivity contribution < 1.29 is 0 Å². The van der Waals surface area contributed by atoms with E-state index in [9.17, 15) is 0 Å². The fourth-order valence-corrected chi connectivity index (χ4v) is 1.31. The van der Waals surface area contributed by atoms with Crippen LogP contribution in [0, 0.1) is 5.92 Å². The van der Waals surface area contributed by atoms with Gasteiger partial charge >= 0.3 is 0 Å². The van der Waals surface area contributed by atoms with Gasteiger partial charge < -0.3 is 11.1 Å². The van der Waals surface area contributed by atoms with E-state index >= 15 is 0 Å². The first kappa shape index (κ1) is 13.3. The van der Waals surface area contributed by atoms with E-state index in [1.54, 1.807) is 0 Å². The maximum absolute atomic E-state index is 5.81. The molecule has 0 rings (SSSR count). The van der Waals surface area contributed by atoms with E-state index in [1.807, 2.05) is 0 Å². The van der Waals surface area contributed by atoms with Crippen LogP contribution in [0.25, 0.3) is 0 Å². The van der Waals surface area contributed by atoms with E-state index in [2.05, 4.69) is 51.9 Å². The van der Waals surface area contributed by atoms with Crippen LogP contribution in [-0.2, 0) is 0 Å². The zero-order valence-electron chi connectivity index (χ0n) is 10.4. The average Bonchev–Trinajstić information content (AvgIpc) is 1.96. The van der Waals surface area contributed by atoms with Crippen molar-refractivity contribution in [3.8, 4) is 0 Å². The molecule has 3 heteroatoms. The first-order valence-electron chi connectivity index (χ1n) is 5.37. The van der Waals surface area contributed by atoms with E-state index in [0.717, 1.165) is 6.42 Å². The molecule has 0 aliphatic rings. The monoisotopic (exact) mass is 199 g/mol. The zero-order chi connectivity index (χ0) is 11.4. The van der Waals surface area contributed by atoms with Crippen LogP contribution in [0.2, 0.25) is 0 Å². The molecule has 0 saturated heterocycles. The van der Waals surface area contributed by atoms with Gasteiger partial charge in [-0.15, -0.1) is 0 Å².